The van der Waals surface area contributed by atoms with Crippen LogP contribution in [0.25, 0.3) is 0 Å². The molecule has 0 aliphatic heterocycles. The number of Topliss-reactive ketones (excluding diaryl/α,β-unsaturated/α-hetero) is 1. The summed E-state index contributed by atoms with van der Waals surface area (Å²) in [5.41, 5.74) is 5.29. The molecule has 5 heteroatoms. The van der Waals surface area contributed by atoms with Gasteiger partial charge in [-0.3, -0.25) is 4.79 Å². The summed E-state index contributed by atoms with van der Waals surface area (Å²) in [7, 11) is 3.80. The minimum Gasteiger partial charge on any atom is -0.354 e. The van der Waals surface area contributed by atoms with Crippen molar-refractivity contribution < 1.29 is 4.79 Å². The molecule has 0 bridgehead atoms. The quantitative estimate of drug-likeness (QED) is 0.727. The first-order valence-electron chi connectivity index (χ1n) is 4.01. The summed E-state index contributed by atoms with van der Waals surface area (Å²) < 4.78 is 0. The van der Waals surface area contributed by atoms with Gasteiger partial charge in [-0.1, -0.05) is 11.3 Å². The van der Waals surface area contributed by atoms with Crippen molar-refractivity contribution in [1.29, 1.82) is 0 Å². The Balaban J connectivity index is 2.73. The minimum atomic E-state index is 0.0769. The molecule has 4 nitrogen and oxygen atoms in total. The van der Waals surface area contributed by atoms with Crippen LogP contribution < -0.4 is 10.6 Å². The van der Waals surface area contributed by atoms with Crippen molar-refractivity contribution in [3.63, 3.8) is 0 Å². The van der Waals surface area contributed by atoms with Gasteiger partial charge in [0.25, 0.3) is 0 Å². The van der Waals surface area contributed by atoms with Gasteiger partial charge in [-0.05, 0) is 6.54 Å². The van der Waals surface area contributed by atoms with Crippen molar-refractivity contribution in [2.45, 2.75) is 6.42 Å². The van der Waals surface area contributed by atoms with Crippen LogP contribution in [0, 0.1) is 0 Å². The van der Waals surface area contributed by atoms with Gasteiger partial charge in [-0.15, -0.1) is 0 Å². The van der Waals surface area contributed by atoms with E-state index in [0.717, 1.165) is 5.13 Å². The maximum Gasteiger partial charge on any atom is 0.185 e. The summed E-state index contributed by atoms with van der Waals surface area (Å²) in [6.07, 6.45) is 2.01. The Hall–Kier alpha value is -0.940. The lowest BCUT2D eigenvalue weighted by Crippen LogP contribution is -2.07. The Morgan fingerprint density at radius 3 is 2.85 bits per heavy atom. The number of ketones is 1. The summed E-state index contributed by atoms with van der Waals surface area (Å²) >= 11 is 1.40. The van der Waals surface area contributed by atoms with Crippen LogP contribution in [0.4, 0.5) is 5.13 Å². The number of anilines is 1. The fourth-order valence-corrected chi connectivity index (χ4v) is 1.66. The summed E-state index contributed by atoms with van der Waals surface area (Å²) in [6, 6.07) is 0. The largest absolute Gasteiger partial charge is 0.354 e. The molecule has 1 aromatic rings. The number of rotatable bonds is 4. The van der Waals surface area contributed by atoms with Crippen molar-refractivity contribution in [2.24, 2.45) is 5.73 Å². The van der Waals surface area contributed by atoms with Crippen LogP contribution in [0.5, 0.6) is 0 Å². The van der Waals surface area contributed by atoms with Crippen molar-refractivity contribution in [3.05, 3.63) is 11.1 Å². The number of hydrogen-bond acceptors (Lipinski definition) is 5. The van der Waals surface area contributed by atoms with Crippen LogP contribution in [0.15, 0.2) is 6.20 Å². The topological polar surface area (TPSA) is 59.2 Å². The van der Waals surface area contributed by atoms with Crippen LogP contribution in [-0.2, 0) is 0 Å². The first kappa shape index (κ1) is 10.1. The lowest BCUT2D eigenvalue weighted by molar-refractivity contribution is 0.0989. The van der Waals surface area contributed by atoms with E-state index in [1.54, 1.807) is 6.20 Å². The Morgan fingerprint density at radius 2 is 2.38 bits per heavy atom. The molecule has 0 fully saturated rings. The molecule has 0 aliphatic carbocycles. The highest BCUT2D eigenvalue weighted by atomic mass is 32.1. The summed E-state index contributed by atoms with van der Waals surface area (Å²) in [6.45, 7) is 0.397. The van der Waals surface area contributed by atoms with Crippen molar-refractivity contribution in [3.8, 4) is 0 Å². The molecule has 0 atom stereocenters. The average molecular weight is 199 g/mol. The van der Waals surface area contributed by atoms with E-state index in [-0.39, 0.29) is 5.78 Å². The van der Waals surface area contributed by atoms with Crippen LogP contribution in [-0.4, -0.2) is 31.4 Å². The maximum absolute atomic E-state index is 11.4. The number of carbonyl (C=O) groups is 1. The van der Waals surface area contributed by atoms with E-state index in [1.165, 1.54) is 11.3 Å². The molecule has 0 unspecified atom stereocenters. The van der Waals surface area contributed by atoms with Gasteiger partial charge in [0.2, 0.25) is 0 Å². The van der Waals surface area contributed by atoms with Crippen molar-refractivity contribution >= 4 is 22.3 Å². The third kappa shape index (κ3) is 2.50. The van der Waals surface area contributed by atoms with Crippen LogP contribution in [0.3, 0.4) is 0 Å². The van der Waals surface area contributed by atoms with Gasteiger partial charge in [-0.25, -0.2) is 4.98 Å². The average Bonchev–Trinajstić information content (AvgIpc) is 2.52. The second kappa shape index (κ2) is 4.34. The maximum atomic E-state index is 11.4. The fourth-order valence-electron chi connectivity index (χ4n) is 0.855. The molecule has 72 valence electrons. The molecule has 0 aromatic carbocycles. The molecule has 0 spiro atoms. The van der Waals surface area contributed by atoms with Crippen LogP contribution in [0.1, 0.15) is 16.1 Å². The van der Waals surface area contributed by atoms with Crippen LogP contribution >= 0.6 is 11.3 Å². The predicted octanol–water partition coefficient (Wildman–Crippen LogP) is 0.741. The Bertz CT molecular complexity index is 295. The lowest BCUT2D eigenvalue weighted by atomic mass is 10.2. The number of thiazole rings is 1. The Labute approximate surface area is 81.4 Å². The van der Waals surface area contributed by atoms with E-state index in [0.29, 0.717) is 17.8 Å². The molecule has 1 aromatic heterocycles. The SMILES string of the molecule is CN(C)c1ncc(C(=O)CCN)s1. The molecular weight excluding hydrogens is 186 g/mol. The normalized spacial score (nSPS) is 10.1. The van der Waals surface area contributed by atoms with Gasteiger partial charge < -0.3 is 10.6 Å². The standard InChI is InChI=1S/C8H13N3OS/c1-11(2)8-10-5-7(13-8)6(12)3-4-9/h5H,3-4,9H2,1-2H3. The van der Waals surface area contributed by atoms with E-state index >= 15 is 0 Å². The fraction of sp³-hybridized carbons (Fsp3) is 0.500. The second-order valence-electron chi connectivity index (χ2n) is 2.86. The molecule has 0 aliphatic rings. The highest BCUT2D eigenvalue weighted by Crippen LogP contribution is 2.21. The molecular formula is C8H13N3OS. The van der Waals surface area contributed by atoms with Gasteiger partial charge in [0, 0.05) is 20.5 Å². The zero-order valence-electron chi connectivity index (χ0n) is 7.78. The first-order chi connectivity index (χ1) is 6.15. The molecule has 0 saturated carbocycles. The van der Waals surface area contributed by atoms with Gasteiger partial charge in [0.15, 0.2) is 10.9 Å². The van der Waals surface area contributed by atoms with Crippen molar-refractivity contribution in [2.75, 3.05) is 25.5 Å². The van der Waals surface area contributed by atoms with E-state index in [1.807, 2.05) is 19.0 Å². The molecule has 0 saturated heterocycles. The third-order valence-corrected chi connectivity index (χ3v) is 2.73. The highest BCUT2D eigenvalue weighted by Gasteiger charge is 2.10. The highest BCUT2D eigenvalue weighted by molar-refractivity contribution is 7.17. The zero-order valence-corrected chi connectivity index (χ0v) is 8.60. The molecule has 0 amide bonds. The summed E-state index contributed by atoms with van der Waals surface area (Å²) in [4.78, 5) is 18.0. The number of nitrogens with two attached hydrogens (primary N) is 1. The molecule has 1 rings (SSSR count). The number of nitrogens with zero attached hydrogens (tertiary/aromatic N) is 2. The minimum absolute atomic E-state index is 0.0769. The van der Waals surface area contributed by atoms with Gasteiger partial charge in [0.05, 0.1) is 11.1 Å². The second-order valence-corrected chi connectivity index (χ2v) is 3.87. The molecule has 2 N–H and O–H groups in total. The first-order valence-corrected chi connectivity index (χ1v) is 4.83. The molecule has 0 radical (unpaired) electrons. The number of carbonyl (C=O) groups excluding carboxylic acids is 1. The molecule has 13 heavy (non-hydrogen) atoms. The Morgan fingerprint density at radius 1 is 1.69 bits per heavy atom. The number of aromatic nitrogens is 1. The molecule has 1 heterocycles. The predicted molar refractivity (Wildman–Crippen MR) is 54.4 cm³/mol. The smallest absolute Gasteiger partial charge is 0.185 e. The van der Waals surface area contributed by atoms with Gasteiger partial charge >= 0.3 is 0 Å². The number of hydrogen-bond donors (Lipinski definition) is 1. The summed E-state index contributed by atoms with van der Waals surface area (Å²) in [5.74, 6) is 0.0769. The van der Waals surface area contributed by atoms with Crippen molar-refractivity contribution in [1.82, 2.24) is 4.98 Å². The van der Waals surface area contributed by atoms with Crippen LogP contribution in [0.2, 0.25) is 0 Å². The monoisotopic (exact) mass is 199 g/mol. The zero-order chi connectivity index (χ0) is 9.84. The Kier molecular flexibility index (Phi) is 3.39. The summed E-state index contributed by atoms with van der Waals surface area (Å²) in [5, 5.41) is 0.848. The van der Waals surface area contributed by atoms with Gasteiger partial charge in [0.1, 0.15) is 0 Å². The van der Waals surface area contributed by atoms with E-state index in [4.69, 9.17) is 5.73 Å². The third-order valence-electron chi connectivity index (χ3n) is 1.52. The van der Waals surface area contributed by atoms with E-state index in [9.17, 15) is 4.79 Å². The van der Waals surface area contributed by atoms with E-state index in [2.05, 4.69) is 4.98 Å². The lowest BCUT2D eigenvalue weighted by Gasteiger charge is -2.04. The van der Waals surface area contributed by atoms with E-state index < -0.39 is 0 Å². The van der Waals surface area contributed by atoms with Gasteiger partial charge in [-0.2, -0.15) is 0 Å².